The summed E-state index contributed by atoms with van der Waals surface area (Å²) in [5, 5.41) is 12.5. The number of fused-ring (bicyclic) bond motifs is 1. The number of thiophene rings is 1. The molecule has 1 unspecified atom stereocenters. The van der Waals surface area contributed by atoms with Crippen LogP contribution in [-0.2, 0) is 4.79 Å². The number of hydrogen-bond donors (Lipinski definition) is 2. The van der Waals surface area contributed by atoms with Gasteiger partial charge in [-0.2, -0.15) is 10.1 Å². The minimum Gasteiger partial charge on any atom is -0.328 e. The highest BCUT2D eigenvalue weighted by molar-refractivity contribution is 7.10. The highest BCUT2D eigenvalue weighted by atomic mass is 32.1. The normalized spacial score (nSPS) is 16.3. The Morgan fingerprint density at radius 3 is 2.76 bits per heavy atom. The zero-order valence-electron chi connectivity index (χ0n) is 13.9. The Hall–Kier alpha value is -2.93. The van der Waals surface area contributed by atoms with Crippen LogP contribution >= 0.6 is 11.3 Å². The number of allylic oxidation sites excluding steroid dienone is 1. The quantitative estimate of drug-likeness (QED) is 0.757. The van der Waals surface area contributed by atoms with Crippen molar-refractivity contribution in [3.05, 3.63) is 69.8 Å². The Bertz CT molecular complexity index is 957. The SMILES string of the molecule is CC1=C(C(=O)Nc2ccccc2)C(c2sccc2C)n2ncnc2N1. The topological polar surface area (TPSA) is 71.8 Å². The molecule has 3 aromatic rings. The summed E-state index contributed by atoms with van der Waals surface area (Å²) in [6.45, 7) is 3.94. The van der Waals surface area contributed by atoms with Gasteiger partial charge in [-0.05, 0) is 43.0 Å². The van der Waals surface area contributed by atoms with Crippen LogP contribution in [0.3, 0.4) is 0 Å². The predicted molar refractivity (Wildman–Crippen MR) is 98.6 cm³/mol. The molecule has 126 valence electrons. The fourth-order valence-electron chi connectivity index (χ4n) is 3.01. The number of carbonyl (C=O) groups is 1. The Morgan fingerprint density at radius 1 is 1.24 bits per heavy atom. The fraction of sp³-hybridized carbons (Fsp3) is 0.167. The highest BCUT2D eigenvalue weighted by Gasteiger charge is 2.34. The molecular formula is C18H17N5OS. The molecule has 0 saturated heterocycles. The average molecular weight is 351 g/mol. The van der Waals surface area contributed by atoms with Crippen molar-refractivity contribution in [1.82, 2.24) is 14.8 Å². The van der Waals surface area contributed by atoms with E-state index in [1.54, 1.807) is 16.0 Å². The van der Waals surface area contributed by atoms with E-state index in [-0.39, 0.29) is 11.9 Å². The second-order valence-electron chi connectivity index (χ2n) is 5.88. The Labute approximate surface area is 149 Å². The molecule has 0 fully saturated rings. The smallest absolute Gasteiger partial charge is 0.255 e. The van der Waals surface area contributed by atoms with Gasteiger partial charge in [0.1, 0.15) is 12.4 Å². The largest absolute Gasteiger partial charge is 0.328 e. The van der Waals surface area contributed by atoms with Gasteiger partial charge in [-0.1, -0.05) is 18.2 Å². The van der Waals surface area contributed by atoms with Crippen LogP contribution in [0.4, 0.5) is 11.6 Å². The molecule has 1 aliphatic heterocycles. The van der Waals surface area contributed by atoms with Crippen molar-refractivity contribution in [2.24, 2.45) is 0 Å². The summed E-state index contributed by atoms with van der Waals surface area (Å²) < 4.78 is 1.77. The van der Waals surface area contributed by atoms with E-state index in [1.165, 1.54) is 6.33 Å². The monoisotopic (exact) mass is 351 g/mol. The van der Waals surface area contributed by atoms with E-state index in [0.717, 1.165) is 21.8 Å². The lowest BCUT2D eigenvalue weighted by atomic mass is 9.99. The van der Waals surface area contributed by atoms with Gasteiger partial charge in [0.05, 0.1) is 5.57 Å². The summed E-state index contributed by atoms with van der Waals surface area (Å²) in [6, 6.07) is 11.2. The number of amides is 1. The Balaban J connectivity index is 1.78. The van der Waals surface area contributed by atoms with Gasteiger partial charge >= 0.3 is 0 Å². The highest BCUT2D eigenvalue weighted by Crippen LogP contribution is 2.38. The number of aromatic nitrogens is 3. The zero-order chi connectivity index (χ0) is 17.4. The second-order valence-corrected chi connectivity index (χ2v) is 6.83. The molecule has 0 radical (unpaired) electrons. The van der Waals surface area contributed by atoms with E-state index in [1.807, 2.05) is 49.6 Å². The Morgan fingerprint density at radius 2 is 2.04 bits per heavy atom. The maximum Gasteiger partial charge on any atom is 0.255 e. The molecule has 1 aromatic carbocycles. The number of carbonyl (C=O) groups excluding carboxylic acids is 1. The minimum absolute atomic E-state index is 0.143. The van der Waals surface area contributed by atoms with Crippen LogP contribution in [-0.4, -0.2) is 20.7 Å². The summed E-state index contributed by atoms with van der Waals surface area (Å²) in [5.41, 5.74) is 3.33. The molecule has 2 N–H and O–H groups in total. The minimum atomic E-state index is -0.289. The van der Waals surface area contributed by atoms with Gasteiger partial charge in [0.15, 0.2) is 0 Å². The molecule has 7 heteroatoms. The molecule has 1 atom stereocenters. The van der Waals surface area contributed by atoms with E-state index in [0.29, 0.717) is 11.5 Å². The molecule has 6 nitrogen and oxygen atoms in total. The van der Waals surface area contributed by atoms with Crippen molar-refractivity contribution in [2.75, 3.05) is 10.6 Å². The summed E-state index contributed by atoms with van der Waals surface area (Å²) in [6.07, 6.45) is 1.50. The van der Waals surface area contributed by atoms with Gasteiger partial charge in [0.25, 0.3) is 5.91 Å². The van der Waals surface area contributed by atoms with Crippen LogP contribution in [0, 0.1) is 6.92 Å². The third-order valence-electron chi connectivity index (χ3n) is 4.22. The van der Waals surface area contributed by atoms with Crippen molar-refractivity contribution in [3.8, 4) is 0 Å². The summed E-state index contributed by atoms with van der Waals surface area (Å²) >= 11 is 1.62. The van der Waals surface area contributed by atoms with Crippen molar-refractivity contribution >= 4 is 28.9 Å². The number of hydrogen-bond acceptors (Lipinski definition) is 5. The van der Waals surface area contributed by atoms with Gasteiger partial charge in [-0.15, -0.1) is 11.3 Å². The van der Waals surface area contributed by atoms with Gasteiger partial charge < -0.3 is 10.6 Å². The molecule has 1 aliphatic rings. The van der Waals surface area contributed by atoms with Crippen LogP contribution in [0.15, 0.2) is 59.4 Å². The molecule has 3 heterocycles. The second kappa shape index (κ2) is 6.18. The molecule has 25 heavy (non-hydrogen) atoms. The maximum absolute atomic E-state index is 13.1. The Kier molecular flexibility index (Phi) is 3.85. The summed E-state index contributed by atoms with van der Waals surface area (Å²) in [4.78, 5) is 18.4. The van der Waals surface area contributed by atoms with E-state index in [9.17, 15) is 4.79 Å². The van der Waals surface area contributed by atoms with Crippen LogP contribution in [0.2, 0.25) is 0 Å². The molecule has 0 saturated carbocycles. The van der Waals surface area contributed by atoms with Gasteiger partial charge in [-0.3, -0.25) is 4.79 Å². The van der Waals surface area contributed by atoms with E-state index in [4.69, 9.17) is 0 Å². The average Bonchev–Trinajstić information content (AvgIpc) is 3.23. The number of nitrogens with one attached hydrogen (secondary N) is 2. The standard InChI is InChI=1S/C18H17N5OS/c1-11-8-9-25-16(11)15-14(12(2)21-18-19-10-20-23(15)18)17(24)22-13-6-4-3-5-7-13/h3-10,15H,1-2H3,(H,22,24)(H,19,20,21). The first-order valence-corrected chi connectivity index (χ1v) is 8.81. The van der Waals surface area contributed by atoms with Crippen LogP contribution < -0.4 is 10.6 Å². The molecule has 0 bridgehead atoms. The number of para-hydroxylation sites is 1. The van der Waals surface area contributed by atoms with Crippen molar-refractivity contribution < 1.29 is 4.79 Å². The summed E-state index contributed by atoms with van der Waals surface area (Å²) in [5.74, 6) is 0.502. The predicted octanol–water partition coefficient (Wildman–Crippen LogP) is 3.58. The number of nitrogens with zero attached hydrogens (tertiary/aromatic N) is 3. The molecule has 0 aliphatic carbocycles. The van der Waals surface area contributed by atoms with Crippen molar-refractivity contribution in [2.45, 2.75) is 19.9 Å². The van der Waals surface area contributed by atoms with Gasteiger partial charge in [0.2, 0.25) is 5.95 Å². The van der Waals surface area contributed by atoms with Crippen LogP contribution in [0.1, 0.15) is 23.4 Å². The molecule has 4 rings (SSSR count). The third-order valence-corrected chi connectivity index (χ3v) is 5.29. The fourth-order valence-corrected chi connectivity index (χ4v) is 4.03. The first-order valence-electron chi connectivity index (χ1n) is 7.93. The van der Waals surface area contributed by atoms with E-state index in [2.05, 4.69) is 26.8 Å². The molecule has 1 amide bonds. The van der Waals surface area contributed by atoms with Crippen molar-refractivity contribution in [1.29, 1.82) is 0 Å². The number of rotatable bonds is 3. The number of anilines is 2. The van der Waals surface area contributed by atoms with Crippen LogP contribution in [0.25, 0.3) is 0 Å². The first-order chi connectivity index (χ1) is 12.1. The maximum atomic E-state index is 13.1. The van der Waals surface area contributed by atoms with Gasteiger partial charge in [0, 0.05) is 16.3 Å². The summed E-state index contributed by atoms with van der Waals surface area (Å²) in [7, 11) is 0. The molecular weight excluding hydrogens is 334 g/mol. The van der Waals surface area contributed by atoms with Gasteiger partial charge in [-0.25, -0.2) is 4.68 Å². The van der Waals surface area contributed by atoms with E-state index < -0.39 is 0 Å². The van der Waals surface area contributed by atoms with Crippen molar-refractivity contribution in [3.63, 3.8) is 0 Å². The van der Waals surface area contributed by atoms with Crippen LogP contribution in [0.5, 0.6) is 0 Å². The lowest BCUT2D eigenvalue weighted by molar-refractivity contribution is -0.113. The zero-order valence-corrected chi connectivity index (χ0v) is 14.7. The molecule has 0 spiro atoms. The number of benzene rings is 1. The van der Waals surface area contributed by atoms with E-state index >= 15 is 0 Å². The lowest BCUT2D eigenvalue weighted by Crippen LogP contribution is -2.31. The lowest BCUT2D eigenvalue weighted by Gasteiger charge is -2.28. The number of aryl methyl sites for hydroxylation is 1. The first kappa shape index (κ1) is 15.6. The third kappa shape index (κ3) is 2.72. The molecule has 2 aromatic heterocycles.